The Labute approximate surface area is 152 Å². The second kappa shape index (κ2) is 7.22. The number of amides is 1. The summed E-state index contributed by atoms with van der Waals surface area (Å²) in [7, 11) is -4.02. The van der Waals surface area contributed by atoms with Gasteiger partial charge >= 0.3 is 6.09 Å². The zero-order valence-electron chi connectivity index (χ0n) is 13.2. The lowest BCUT2D eigenvalue weighted by molar-refractivity contribution is 0.194. The Morgan fingerprint density at radius 1 is 1.35 bits per heavy atom. The van der Waals surface area contributed by atoms with Crippen LogP contribution in [-0.4, -0.2) is 40.1 Å². The average Bonchev–Trinajstić information content (AvgIpc) is 3.25. The van der Waals surface area contributed by atoms with E-state index in [1.807, 2.05) is 0 Å². The molecule has 8 nitrogen and oxygen atoms in total. The van der Waals surface area contributed by atoms with Crippen LogP contribution in [0.4, 0.5) is 9.18 Å². The number of rotatable bonds is 6. The number of carbonyl (C=O) groups is 1. The Hall–Kier alpha value is -2.79. The molecular weight excluding hydrogens is 383 g/mol. The van der Waals surface area contributed by atoms with Crippen LogP contribution in [0, 0.1) is 5.95 Å². The summed E-state index contributed by atoms with van der Waals surface area (Å²) in [4.78, 5) is 18.0. The molecule has 26 heavy (non-hydrogen) atoms. The minimum absolute atomic E-state index is 0.0186. The van der Waals surface area contributed by atoms with Crippen LogP contribution in [0.5, 0.6) is 0 Å². The normalized spacial score (nSPS) is 11.4. The maximum absolute atomic E-state index is 14.1. The third kappa shape index (κ3) is 3.58. The number of hydrogen-bond donors (Lipinski definition) is 2. The molecule has 3 rings (SSSR count). The Bertz CT molecular complexity index is 1030. The van der Waals surface area contributed by atoms with Crippen LogP contribution in [0.3, 0.4) is 0 Å². The van der Waals surface area contributed by atoms with E-state index in [1.165, 1.54) is 42.2 Å². The number of nitrogens with one attached hydrogen (secondary N) is 1. The molecule has 0 atom stereocenters. The number of halogens is 1. The fourth-order valence-electron chi connectivity index (χ4n) is 2.34. The summed E-state index contributed by atoms with van der Waals surface area (Å²) in [6, 6.07) is 4.41. The van der Waals surface area contributed by atoms with Crippen molar-refractivity contribution >= 4 is 27.5 Å². The highest BCUT2D eigenvalue weighted by Gasteiger charge is 2.25. The zero-order valence-corrected chi connectivity index (χ0v) is 14.8. The largest absolute Gasteiger partial charge is 0.465 e. The predicted octanol–water partition coefficient (Wildman–Crippen LogP) is 2.19. The quantitative estimate of drug-likeness (QED) is 0.618. The molecule has 3 heterocycles. The first-order valence-corrected chi connectivity index (χ1v) is 9.65. The molecule has 11 heteroatoms. The molecule has 0 unspecified atom stereocenters. The van der Waals surface area contributed by atoms with Gasteiger partial charge in [-0.1, -0.05) is 0 Å². The fourth-order valence-corrected chi connectivity index (χ4v) is 4.64. The van der Waals surface area contributed by atoms with Gasteiger partial charge in [-0.25, -0.2) is 18.7 Å². The average molecular weight is 396 g/mol. The Kier molecular flexibility index (Phi) is 5.00. The molecule has 2 N–H and O–H groups in total. The van der Waals surface area contributed by atoms with Crippen LogP contribution in [0.15, 0.2) is 46.5 Å². The first-order valence-electron chi connectivity index (χ1n) is 7.33. The second-order valence-electron chi connectivity index (χ2n) is 5.16. The number of thiazole rings is 1. The zero-order chi connectivity index (χ0) is 18.7. The van der Waals surface area contributed by atoms with Gasteiger partial charge in [-0.15, -0.1) is 11.3 Å². The minimum Gasteiger partial charge on any atom is -0.465 e. The molecule has 3 aromatic heterocycles. The Balaban J connectivity index is 2.08. The van der Waals surface area contributed by atoms with E-state index < -0.39 is 22.1 Å². The number of pyridine rings is 1. The van der Waals surface area contributed by atoms with Crippen molar-refractivity contribution in [2.75, 3.05) is 6.54 Å². The van der Waals surface area contributed by atoms with E-state index >= 15 is 0 Å². The molecule has 3 aromatic rings. The van der Waals surface area contributed by atoms with Gasteiger partial charge in [0, 0.05) is 30.5 Å². The van der Waals surface area contributed by atoms with Crippen LogP contribution >= 0.6 is 11.3 Å². The van der Waals surface area contributed by atoms with E-state index in [0.717, 1.165) is 15.3 Å². The number of carboxylic acid groups (broad SMARTS) is 1. The number of nitrogens with zero attached hydrogens (tertiary/aromatic N) is 3. The van der Waals surface area contributed by atoms with E-state index in [1.54, 1.807) is 0 Å². The van der Waals surface area contributed by atoms with E-state index in [0.29, 0.717) is 5.56 Å². The van der Waals surface area contributed by atoms with Gasteiger partial charge in [0.05, 0.1) is 11.3 Å². The molecule has 0 aliphatic carbocycles. The van der Waals surface area contributed by atoms with Gasteiger partial charge in [0.25, 0.3) is 10.0 Å². The van der Waals surface area contributed by atoms with Crippen molar-refractivity contribution in [3.63, 3.8) is 0 Å². The van der Waals surface area contributed by atoms with Gasteiger partial charge < -0.3 is 10.4 Å². The van der Waals surface area contributed by atoms with Gasteiger partial charge in [0.2, 0.25) is 10.3 Å². The highest BCUT2D eigenvalue weighted by atomic mass is 32.2. The summed E-state index contributed by atoms with van der Waals surface area (Å²) < 4.78 is 40.7. The lowest BCUT2D eigenvalue weighted by atomic mass is 10.1. The Morgan fingerprint density at radius 2 is 2.15 bits per heavy atom. The summed E-state index contributed by atoms with van der Waals surface area (Å²) in [6.45, 7) is 0.0889. The van der Waals surface area contributed by atoms with Crippen molar-refractivity contribution in [2.45, 2.75) is 10.8 Å². The first kappa shape index (κ1) is 18.0. The van der Waals surface area contributed by atoms with Gasteiger partial charge in [0.1, 0.15) is 0 Å². The summed E-state index contributed by atoms with van der Waals surface area (Å²) in [5.41, 5.74) is 0.637. The monoisotopic (exact) mass is 396 g/mol. The summed E-state index contributed by atoms with van der Waals surface area (Å²) in [5.74, 6) is -0.809. The standard InChI is InChI=1S/C15H13FN4O4S2/c16-13-11(2-1-4-17-13)12-8-10(3-5-18-14(21)22)9-20(12)26(23,24)15-19-6-7-25-15/h1-2,4,6-9,18H,3,5H2,(H,21,22). The second-order valence-corrected chi connectivity index (χ2v) is 8.04. The predicted molar refractivity (Wildman–Crippen MR) is 92.1 cm³/mol. The Morgan fingerprint density at radius 3 is 2.81 bits per heavy atom. The molecule has 0 saturated heterocycles. The summed E-state index contributed by atoms with van der Waals surface area (Å²) >= 11 is 0.944. The minimum atomic E-state index is -4.02. The van der Waals surface area contributed by atoms with Crippen LogP contribution in [0.2, 0.25) is 0 Å². The molecule has 0 fully saturated rings. The van der Waals surface area contributed by atoms with Crippen LogP contribution in [0.25, 0.3) is 11.3 Å². The highest BCUT2D eigenvalue weighted by molar-refractivity contribution is 7.92. The van der Waals surface area contributed by atoms with Gasteiger partial charge in [-0.3, -0.25) is 0 Å². The third-order valence-electron chi connectivity index (χ3n) is 3.46. The maximum Gasteiger partial charge on any atom is 0.404 e. The van der Waals surface area contributed by atoms with Crippen LogP contribution in [-0.2, 0) is 16.4 Å². The molecule has 0 saturated carbocycles. The topological polar surface area (TPSA) is 114 Å². The van der Waals surface area contributed by atoms with Crippen molar-refractivity contribution in [1.82, 2.24) is 19.3 Å². The van der Waals surface area contributed by atoms with E-state index in [2.05, 4.69) is 15.3 Å². The molecule has 0 aliphatic heterocycles. The number of hydrogen-bond acceptors (Lipinski definition) is 6. The molecule has 0 radical (unpaired) electrons. The molecular formula is C15H13FN4O4S2. The summed E-state index contributed by atoms with van der Waals surface area (Å²) in [6.07, 6.45) is 3.02. The lowest BCUT2D eigenvalue weighted by Gasteiger charge is -2.08. The fraction of sp³-hybridized carbons (Fsp3) is 0.133. The molecule has 0 aromatic carbocycles. The third-order valence-corrected chi connectivity index (χ3v) is 6.31. The van der Waals surface area contributed by atoms with Crippen LogP contribution < -0.4 is 5.32 Å². The SMILES string of the molecule is O=C(O)NCCc1cc(-c2cccnc2F)n(S(=O)(=O)c2nccs2)c1. The lowest BCUT2D eigenvalue weighted by Crippen LogP contribution is -2.23. The van der Waals surface area contributed by atoms with Crippen LogP contribution in [0.1, 0.15) is 5.56 Å². The van der Waals surface area contributed by atoms with Crippen molar-refractivity contribution in [3.8, 4) is 11.3 Å². The smallest absolute Gasteiger partial charge is 0.404 e. The van der Waals surface area contributed by atoms with E-state index in [-0.39, 0.29) is 28.6 Å². The molecule has 0 bridgehead atoms. The van der Waals surface area contributed by atoms with Gasteiger partial charge in [0.15, 0.2) is 0 Å². The van der Waals surface area contributed by atoms with E-state index in [9.17, 15) is 17.6 Å². The van der Waals surface area contributed by atoms with Crippen molar-refractivity contribution in [2.24, 2.45) is 0 Å². The van der Waals surface area contributed by atoms with Crippen molar-refractivity contribution in [3.05, 3.63) is 53.7 Å². The molecule has 0 spiro atoms. The van der Waals surface area contributed by atoms with E-state index in [4.69, 9.17) is 5.11 Å². The molecule has 136 valence electrons. The number of aromatic nitrogens is 3. The highest BCUT2D eigenvalue weighted by Crippen LogP contribution is 2.29. The van der Waals surface area contributed by atoms with Gasteiger partial charge in [-0.2, -0.15) is 12.8 Å². The van der Waals surface area contributed by atoms with Crippen molar-refractivity contribution < 1.29 is 22.7 Å². The first-order chi connectivity index (χ1) is 12.4. The summed E-state index contributed by atoms with van der Waals surface area (Å²) in [5, 5.41) is 12.4. The molecule has 1 amide bonds. The van der Waals surface area contributed by atoms with Crippen molar-refractivity contribution in [1.29, 1.82) is 0 Å². The van der Waals surface area contributed by atoms with Gasteiger partial charge in [-0.05, 0) is 30.2 Å². The molecule has 0 aliphatic rings. The maximum atomic E-state index is 14.1.